The number of carbonyl (C=O) groups is 1. The number of rotatable bonds is 9. The minimum atomic E-state index is -0.399. The van der Waals surface area contributed by atoms with Crippen LogP contribution in [0.5, 0.6) is 11.5 Å². The van der Waals surface area contributed by atoms with Crippen LogP contribution in [0.3, 0.4) is 0 Å². The predicted octanol–water partition coefficient (Wildman–Crippen LogP) is 7.50. The van der Waals surface area contributed by atoms with Crippen molar-refractivity contribution in [2.75, 3.05) is 23.4 Å². The lowest BCUT2D eigenvalue weighted by molar-refractivity contribution is 0.0734. The number of esters is 1. The summed E-state index contributed by atoms with van der Waals surface area (Å²) in [4.78, 5) is 24.5. The minimum absolute atomic E-state index is 0.0513. The number of fused-ring (bicyclic) bond motifs is 1. The van der Waals surface area contributed by atoms with Gasteiger partial charge in [-0.05, 0) is 105 Å². The van der Waals surface area contributed by atoms with E-state index < -0.39 is 5.97 Å². The van der Waals surface area contributed by atoms with Crippen molar-refractivity contribution >= 4 is 23.4 Å². The number of unbranched alkanes of at least 4 members (excludes halogenated alkanes) is 1. The zero-order chi connectivity index (χ0) is 28.9. The van der Waals surface area contributed by atoms with Gasteiger partial charge in [0.25, 0.3) is 0 Å². The Morgan fingerprint density at radius 1 is 1.02 bits per heavy atom. The number of aryl methyl sites for hydroxylation is 1. The van der Waals surface area contributed by atoms with Crippen molar-refractivity contribution < 1.29 is 18.7 Å². The van der Waals surface area contributed by atoms with E-state index in [2.05, 4.69) is 29.0 Å². The van der Waals surface area contributed by atoms with E-state index in [4.69, 9.17) is 14.5 Å². The summed E-state index contributed by atoms with van der Waals surface area (Å²) in [5.74, 6) is 1.91. The number of nitrogens with zero attached hydrogens (tertiary/aromatic N) is 3. The first-order valence-electron chi connectivity index (χ1n) is 14.0. The van der Waals surface area contributed by atoms with E-state index in [1.807, 2.05) is 32.0 Å². The van der Waals surface area contributed by atoms with Crippen molar-refractivity contribution in [3.8, 4) is 11.5 Å². The van der Waals surface area contributed by atoms with Gasteiger partial charge in [-0.3, -0.25) is 0 Å². The standard InChI is InChI=1S/C33H35FN4O3/c1-5-6-19-40-28-13-7-24(8-14-28)32(39)41-29-15-16-30-23(4)38(18-17-25(30)20-29)31-21(2)22(3)35-33(37-31)36-27-11-9-26(34)10-12-27/h7-16,20,23H,5-6,17-19H2,1-4H3,(H,35,36,37). The SMILES string of the molecule is CCCCOc1ccc(C(=O)Oc2ccc3c(c2)CCN(c2nc(Nc4ccc(F)cc4)nc(C)c2C)C3C)cc1. The van der Waals surface area contributed by atoms with E-state index in [9.17, 15) is 9.18 Å². The fourth-order valence-corrected chi connectivity index (χ4v) is 4.96. The Labute approximate surface area is 240 Å². The molecule has 41 heavy (non-hydrogen) atoms. The van der Waals surface area contributed by atoms with Gasteiger partial charge in [-0.25, -0.2) is 14.2 Å². The van der Waals surface area contributed by atoms with Crippen LogP contribution < -0.4 is 19.7 Å². The molecule has 0 spiro atoms. The molecule has 8 heteroatoms. The van der Waals surface area contributed by atoms with Gasteiger partial charge in [0.15, 0.2) is 0 Å². The molecule has 7 nitrogen and oxygen atoms in total. The maximum Gasteiger partial charge on any atom is 0.343 e. The second-order valence-corrected chi connectivity index (χ2v) is 10.3. The lowest BCUT2D eigenvalue weighted by Gasteiger charge is -2.37. The van der Waals surface area contributed by atoms with E-state index in [-0.39, 0.29) is 11.9 Å². The third-order valence-electron chi connectivity index (χ3n) is 7.46. The van der Waals surface area contributed by atoms with Crippen molar-refractivity contribution in [1.29, 1.82) is 0 Å². The minimum Gasteiger partial charge on any atom is -0.494 e. The van der Waals surface area contributed by atoms with Crippen LogP contribution in [-0.4, -0.2) is 29.1 Å². The highest BCUT2D eigenvalue weighted by molar-refractivity contribution is 5.91. The molecule has 0 radical (unpaired) electrons. The summed E-state index contributed by atoms with van der Waals surface area (Å²) in [5.41, 5.74) is 5.39. The molecule has 1 atom stereocenters. The first kappa shape index (κ1) is 28.1. The van der Waals surface area contributed by atoms with Crippen molar-refractivity contribution in [3.05, 3.63) is 100 Å². The highest BCUT2D eigenvalue weighted by Crippen LogP contribution is 2.36. The van der Waals surface area contributed by atoms with Crippen LogP contribution >= 0.6 is 0 Å². The summed E-state index contributed by atoms with van der Waals surface area (Å²) >= 11 is 0. The molecule has 0 fully saturated rings. The molecule has 0 bridgehead atoms. The van der Waals surface area contributed by atoms with Crippen LogP contribution in [0.4, 0.5) is 21.8 Å². The highest BCUT2D eigenvalue weighted by atomic mass is 19.1. The number of hydrogen-bond acceptors (Lipinski definition) is 7. The number of benzene rings is 3. The quantitative estimate of drug-likeness (QED) is 0.130. The predicted molar refractivity (Wildman–Crippen MR) is 159 cm³/mol. The second-order valence-electron chi connectivity index (χ2n) is 10.3. The summed E-state index contributed by atoms with van der Waals surface area (Å²) in [6.07, 6.45) is 2.84. The monoisotopic (exact) mass is 554 g/mol. The van der Waals surface area contributed by atoms with Crippen LogP contribution in [0, 0.1) is 19.7 Å². The molecule has 1 aliphatic heterocycles. The van der Waals surface area contributed by atoms with Gasteiger partial charge in [-0.2, -0.15) is 4.98 Å². The zero-order valence-electron chi connectivity index (χ0n) is 23.9. The Morgan fingerprint density at radius 3 is 2.49 bits per heavy atom. The first-order chi connectivity index (χ1) is 19.8. The molecule has 1 N–H and O–H groups in total. The number of carbonyl (C=O) groups excluding carboxylic acids is 1. The molecule has 0 aliphatic carbocycles. The number of nitrogens with one attached hydrogen (secondary N) is 1. The Hall–Kier alpha value is -4.46. The lowest BCUT2D eigenvalue weighted by atomic mass is 9.93. The maximum absolute atomic E-state index is 13.3. The van der Waals surface area contributed by atoms with Gasteiger partial charge in [-0.15, -0.1) is 0 Å². The van der Waals surface area contributed by atoms with E-state index in [1.165, 1.54) is 12.1 Å². The fraction of sp³-hybridized carbons (Fsp3) is 0.303. The Balaban J connectivity index is 1.29. The smallest absolute Gasteiger partial charge is 0.343 e. The second kappa shape index (κ2) is 12.4. The summed E-state index contributed by atoms with van der Waals surface area (Å²) in [6.45, 7) is 9.67. The van der Waals surface area contributed by atoms with E-state index >= 15 is 0 Å². The van der Waals surface area contributed by atoms with Gasteiger partial charge in [-0.1, -0.05) is 19.4 Å². The van der Waals surface area contributed by atoms with Gasteiger partial charge in [0.2, 0.25) is 5.95 Å². The number of aromatic nitrogens is 2. The van der Waals surface area contributed by atoms with Crippen LogP contribution in [0.15, 0.2) is 66.7 Å². The van der Waals surface area contributed by atoms with Crippen molar-refractivity contribution in [2.45, 2.75) is 53.0 Å². The van der Waals surface area contributed by atoms with Crippen molar-refractivity contribution in [3.63, 3.8) is 0 Å². The largest absolute Gasteiger partial charge is 0.494 e. The van der Waals surface area contributed by atoms with Gasteiger partial charge >= 0.3 is 5.97 Å². The topological polar surface area (TPSA) is 76.6 Å². The maximum atomic E-state index is 13.3. The number of ether oxygens (including phenoxy) is 2. The summed E-state index contributed by atoms with van der Waals surface area (Å²) in [6, 6.07) is 19.1. The number of anilines is 3. The molecule has 0 amide bonds. The molecule has 1 aromatic heterocycles. The van der Waals surface area contributed by atoms with Gasteiger partial charge in [0.05, 0.1) is 18.2 Å². The van der Waals surface area contributed by atoms with Crippen LogP contribution in [0.2, 0.25) is 0 Å². The molecule has 2 heterocycles. The summed E-state index contributed by atoms with van der Waals surface area (Å²) in [7, 11) is 0. The third-order valence-corrected chi connectivity index (χ3v) is 7.46. The van der Waals surface area contributed by atoms with Crippen LogP contribution in [-0.2, 0) is 6.42 Å². The van der Waals surface area contributed by atoms with Gasteiger partial charge < -0.3 is 19.7 Å². The molecule has 1 aliphatic rings. The van der Waals surface area contributed by atoms with Crippen LogP contribution in [0.1, 0.15) is 65.5 Å². The Morgan fingerprint density at radius 2 is 1.76 bits per heavy atom. The van der Waals surface area contributed by atoms with E-state index in [0.717, 1.165) is 65.4 Å². The van der Waals surface area contributed by atoms with Gasteiger partial charge in [0, 0.05) is 23.5 Å². The number of halogens is 1. The van der Waals surface area contributed by atoms with Crippen LogP contribution in [0.25, 0.3) is 0 Å². The molecule has 5 rings (SSSR count). The summed E-state index contributed by atoms with van der Waals surface area (Å²) in [5, 5.41) is 3.20. The molecule has 0 saturated carbocycles. The van der Waals surface area contributed by atoms with E-state index in [0.29, 0.717) is 23.9 Å². The summed E-state index contributed by atoms with van der Waals surface area (Å²) < 4.78 is 24.7. The van der Waals surface area contributed by atoms with Crippen molar-refractivity contribution in [1.82, 2.24) is 9.97 Å². The fourth-order valence-electron chi connectivity index (χ4n) is 4.96. The Bertz CT molecular complexity index is 1520. The molecular formula is C33H35FN4O3. The molecule has 1 unspecified atom stereocenters. The van der Waals surface area contributed by atoms with E-state index in [1.54, 1.807) is 36.4 Å². The number of hydrogen-bond donors (Lipinski definition) is 1. The molecule has 212 valence electrons. The molecule has 3 aromatic carbocycles. The lowest BCUT2D eigenvalue weighted by Crippen LogP contribution is -2.35. The third kappa shape index (κ3) is 6.48. The molecule has 4 aromatic rings. The average molecular weight is 555 g/mol. The average Bonchev–Trinajstić information content (AvgIpc) is 2.97. The molecular weight excluding hydrogens is 519 g/mol. The highest BCUT2D eigenvalue weighted by Gasteiger charge is 2.28. The normalized spacial score (nSPS) is 14.4. The molecule has 0 saturated heterocycles. The Kier molecular flexibility index (Phi) is 8.47. The zero-order valence-corrected chi connectivity index (χ0v) is 23.9. The first-order valence-corrected chi connectivity index (χ1v) is 14.0. The van der Waals surface area contributed by atoms with Gasteiger partial charge in [0.1, 0.15) is 23.1 Å². The van der Waals surface area contributed by atoms with Crippen molar-refractivity contribution in [2.24, 2.45) is 0 Å².